The van der Waals surface area contributed by atoms with Crippen LogP contribution in [0.2, 0.25) is 0 Å². The summed E-state index contributed by atoms with van der Waals surface area (Å²) < 4.78 is 15.5. The molecule has 25 heavy (non-hydrogen) atoms. The van der Waals surface area contributed by atoms with Crippen molar-refractivity contribution in [1.82, 2.24) is 19.7 Å². The molecule has 6 nitrogen and oxygen atoms in total. The van der Waals surface area contributed by atoms with Crippen molar-refractivity contribution in [1.29, 1.82) is 0 Å². The van der Waals surface area contributed by atoms with E-state index in [9.17, 15) is 9.18 Å². The molecule has 0 saturated carbocycles. The van der Waals surface area contributed by atoms with E-state index in [4.69, 9.17) is 0 Å². The number of hydrogen-bond donors (Lipinski definition) is 1. The molecule has 0 spiro atoms. The fraction of sp³-hybridized carbons (Fsp3) is 0.176. The van der Waals surface area contributed by atoms with Crippen molar-refractivity contribution >= 4 is 23.4 Å². The summed E-state index contributed by atoms with van der Waals surface area (Å²) in [6.07, 6.45) is 3.41. The number of nitrogens with zero attached hydrogens (tertiary/aromatic N) is 4. The molecule has 1 N–H and O–H groups in total. The van der Waals surface area contributed by atoms with Crippen LogP contribution in [-0.2, 0) is 11.3 Å². The number of benzene rings is 1. The van der Waals surface area contributed by atoms with Gasteiger partial charge in [-0.05, 0) is 31.2 Å². The molecule has 0 fully saturated rings. The summed E-state index contributed by atoms with van der Waals surface area (Å²) in [5, 5.41) is 11.5. The van der Waals surface area contributed by atoms with Crippen molar-refractivity contribution in [2.45, 2.75) is 18.6 Å². The Morgan fingerprint density at radius 2 is 2.08 bits per heavy atom. The number of carbonyl (C=O) groups excluding carboxylic acids is 1. The first-order valence-electron chi connectivity index (χ1n) is 7.69. The Morgan fingerprint density at radius 1 is 1.24 bits per heavy atom. The summed E-state index contributed by atoms with van der Waals surface area (Å²) >= 11 is 1.25. The normalized spacial score (nSPS) is 10.6. The second-order valence-corrected chi connectivity index (χ2v) is 6.05. The highest BCUT2D eigenvalue weighted by Crippen LogP contribution is 2.23. The molecule has 0 atom stereocenters. The lowest BCUT2D eigenvalue weighted by Gasteiger charge is -2.08. The molecular formula is C17H16FN5OS. The van der Waals surface area contributed by atoms with Gasteiger partial charge in [0.1, 0.15) is 5.82 Å². The highest BCUT2D eigenvalue weighted by molar-refractivity contribution is 7.99. The summed E-state index contributed by atoms with van der Waals surface area (Å²) in [7, 11) is 0. The SMILES string of the molecule is CCn1c(SCC(=O)Nc2ccccc2F)nnc1-c1cccnc1. The summed E-state index contributed by atoms with van der Waals surface area (Å²) in [6, 6.07) is 9.80. The first-order valence-corrected chi connectivity index (χ1v) is 8.68. The third-order valence-electron chi connectivity index (χ3n) is 3.43. The molecular weight excluding hydrogens is 341 g/mol. The van der Waals surface area contributed by atoms with Crippen LogP contribution in [0.25, 0.3) is 11.4 Å². The predicted molar refractivity (Wildman–Crippen MR) is 94.7 cm³/mol. The van der Waals surface area contributed by atoms with Crippen LogP contribution in [-0.4, -0.2) is 31.4 Å². The predicted octanol–water partition coefficient (Wildman–Crippen LogP) is 3.23. The Bertz CT molecular complexity index is 868. The fourth-order valence-corrected chi connectivity index (χ4v) is 3.07. The minimum absolute atomic E-state index is 0.111. The maximum absolute atomic E-state index is 13.6. The summed E-state index contributed by atoms with van der Waals surface area (Å²) in [6.45, 7) is 2.64. The number of nitrogens with one attached hydrogen (secondary N) is 1. The molecule has 128 valence electrons. The smallest absolute Gasteiger partial charge is 0.234 e. The van der Waals surface area contributed by atoms with Crippen molar-refractivity contribution in [2.24, 2.45) is 0 Å². The van der Waals surface area contributed by atoms with Crippen LogP contribution >= 0.6 is 11.8 Å². The van der Waals surface area contributed by atoms with Gasteiger partial charge in [-0.2, -0.15) is 0 Å². The highest BCUT2D eigenvalue weighted by atomic mass is 32.2. The fourth-order valence-electron chi connectivity index (χ4n) is 2.27. The molecule has 2 aromatic heterocycles. The minimum Gasteiger partial charge on any atom is -0.323 e. The van der Waals surface area contributed by atoms with Crippen LogP contribution in [0.5, 0.6) is 0 Å². The van der Waals surface area contributed by atoms with Crippen molar-refractivity contribution < 1.29 is 9.18 Å². The van der Waals surface area contributed by atoms with Crippen LogP contribution < -0.4 is 5.32 Å². The number of para-hydroxylation sites is 1. The van der Waals surface area contributed by atoms with Gasteiger partial charge in [0.25, 0.3) is 0 Å². The molecule has 8 heteroatoms. The monoisotopic (exact) mass is 357 g/mol. The highest BCUT2D eigenvalue weighted by Gasteiger charge is 2.15. The van der Waals surface area contributed by atoms with E-state index in [0.717, 1.165) is 5.56 Å². The van der Waals surface area contributed by atoms with Gasteiger partial charge < -0.3 is 9.88 Å². The lowest BCUT2D eigenvalue weighted by molar-refractivity contribution is -0.113. The first kappa shape index (κ1) is 17.1. The van der Waals surface area contributed by atoms with Crippen molar-refractivity contribution in [3.8, 4) is 11.4 Å². The molecule has 0 bridgehead atoms. The molecule has 1 aromatic carbocycles. The zero-order chi connectivity index (χ0) is 17.6. The minimum atomic E-state index is -0.462. The molecule has 2 heterocycles. The largest absolute Gasteiger partial charge is 0.323 e. The summed E-state index contributed by atoms with van der Waals surface area (Å²) in [4.78, 5) is 16.1. The summed E-state index contributed by atoms with van der Waals surface area (Å²) in [5.74, 6) is 0.0483. The van der Waals surface area contributed by atoms with E-state index in [0.29, 0.717) is 17.5 Å². The number of thioether (sulfide) groups is 1. The van der Waals surface area contributed by atoms with E-state index in [2.05, 4.69) is 20.5 Å². The molecule has 0 unspecified atom stereocenters. The number of carbonyl (C=O) groups is 1. The topological polar surface area (TPSA) is 72.7 Å². The van der Waals surface area contributed by atoms with Crippen molar-refractivity contribution in [3.05, 3.63) is 54.6 Å². The second-order valence-electron chi connectivity index (χ2n) is 5.11. The Balaban J connectivity index is 1.68. The third-order valence-corrected chi connectivity index (χ3v) is 4.40. The zero-order valence-electron chi connectivity index (χ0n) is 13.5. The van der Waals surface area contributed by atoms with Crippen molar-refractivity contribution in [3.63, 3.8) is 0 Å². The lowest BCUT2D eigenvalue weighted by Crippen LogP contribution is -2.15. The standard InChI is InChI=1S/C17H16FN5OS/c1-2-23-16(12-6-5-9-19-10-12)21-22-17(23)25-11-15(24)20-14-8-4-3-7-13(14)18/h3-10H,2,11H2,1H3,(H,20,24). The first-order chi connectivity index (χ1) is 12.2. The number of halogens is 1. The Morgan fingerprint density at radius 3 is 2.80 bits per heavy atom. The van der Waals surface area contributed by atoms with E-state index >= 15 is 0 Å². The molecule has 3 rings (SSSR count). The molecule has 0 aliphatic heterocycles. The van der Waals surface area contributed by atoms with Crippen LogP contribution in [0.4, 0.5) is 10.1 Å². The van der Waals surface area contributed by atoms with Crippen LogP contribution in [0.3, 0.4) is 0 Å². The van der Waals surface area contributed by atoms with Crippen LogP contribution in [0, 0.1) is 5.82 Å². The van der Waals surface area contributed by atoms with Gasteiger partial charge in [0.05, 0.1) is 11.4 Å². The van der Waals surface area contributed by atoms with E-state index in [1.54, 1.807) is 24.5 Å². The number of anilines is 1. The number of amides is 1. The lowest BCUT2D eigenvalue weighted by atomic mass is 10.3. The third kappa shape index (κ3) is 4.03. The molecule has 0 aliphatic rings. The number of aromatic nitrogens is 4. The van der Waals surface area contributed by atoms with E-state index < -0.39 is 5.82 Å². The van der Waals surface area contributed by atoms with E-state index in [-0.39, 0.29) is 17.3 Å². The summed E-state index contributed by atoms with van der Waals surface area (Å²) in [5.41, 5.74) is 1.03. The number of hydrogen-bond acceptors (Lipinski definition) is 5. The van der Waals surface area contributed by atoms with Gasteiger partial charge in [-0.15, -0.1) is 10.2 Å². The molecule has 1 amide bonds. The molecule has 3 aromatic rings. The van der Waals surface area contributed by atoms with Gasteiger partial charge in [-0.3, -0.25) is 9.78 Å². The van der Waals surface area contributed by atoms with E-state index in [1.807, 2.05) is 23.6 Å². The van der Waals surface area contributed by atoms with Gasteiger partial charge in [0, 0.05) is 24.5 Å². The van der Waals surface area contributed by atoms with Crippen LogP contribution in [0.15, 0.2) is 53.9 Å². The molecule has 0 saturated heterocycles. The quantitative estimate of drug-likeness (QED) is 0.686. The van der Waals surface area contributed by atoms with Crippen molar-refractivity contribution in [2.75, 3.05) is 11.1 Å². The van der Waals surface area contributed by atoms with Gasteiger partial charge in [0.2, 0.25) is 5.91 Å². The second kappa shape index (κ2) is 7.89. The Kier molecular flexibility index (Phi) is 5.39. The number of pyridine rings is 1. The van der Waals surface area contributed by atoms with Gasteiger partial charge >= 0.3 is 0 Å². The maximum Gasteiger partial charge on any atom is 0.234 e. The molecule has 0 aliphatic carbocycles. The Labute approximate surface area is 148 Å². The van der Waals surface area contributed by atoms with Gasteiger partial charge in [-0.25, -0.2) is 4.39 Å². The maximum atomic E-state index is 13.6. The average molecular weight is 357 g/mol. The molecule has 0 radical (unpaired) electrons. The Hall–Kier alpha value is -2.74. The van der Waals surface area contributed by atoms with Crippen LogP contribution in [0.1, 0.15) is 6.92 Å². The zero-order valence-corrected chi connectivity index (χ0v) is 14.3. The van der Waals surface area contributed by atoms with E-state index in [1.165, 1.54) is 23.9 Å². The van der Waals surface area contributed by atoms with Gasteiger partial charge in [-0.1, -0.05) is 23.9 Å². The number of rotatable bonds is 6. The van der Waals surface area contributed by atoms with Gasteiger partial charge in [0.15, 0.2) is 11.0 Å². The average Bonchev–Trinajstić information content (AvgIpc) is 3.05.